The highest BCUT2D eigenvalue weighted by molar-refractivity contribution is 5.71. The molecule has 1 aromatic carbocycles. The molecule has 0 saturated heterocycles. The van der Waals surface area contributed by atoms with Crippen LogP contribution in [0.5, 0.6) is 5.75 Å². The third-order valence-electron chi connectivity index (χ3n) is 4.49. The van der Waals surface area contributed by atoms with E-state index in [4.69, 9.17) is 10.5 Å². The highest BCUT2D eigenvalue weighted by Crippen LogP contribution is 2.31. The number of aromatic nitrogens is 5. The molecule has 158 valence electrons. The molecule has 0 aliphatic carbocycles. The van der Waals surface area contributed by atoms with Gasteiger partial charge in [0, 0.05) is 42.3 Å². The number of anilines is 3. The topological polar surface area (TPSA) is 104 Å². The first-order valence-electron chi connectivity index (χ1n) is 8.95. The Labute approximate surface area is 174 Å². The van der Waals surface area contributed by atoms with Crippen molar-refractivity contribution < 1.29 is 17.9 Å². The number of benzene rings is 1. The van der Waals surface area contributed by atoms with Crippen LogP contribution in [0.3, 0.4) is 0 Å². The molecule has 0 spiro atoms. The van der Waals surface area contributed by atoms with Crippen LogP contribution < -0.4 is 15.8 Å². The molecule has 3 heterocycles. The summed E-state index contributed by atoms with van der Waals surface area (Å²) >= 11 is 0. The largest absolute Gasteiger partial charge is 0.496 e. The van der Waals surface area contributed by atoms with Gasteiger partial charge in [0.1, 0.15) is 11.6 Å². The molecule has 0 aliphatic rings. The SMILES string of the molecule is COc1cc(F)ncc1-c1nc(Nc2ccc(-c3ccnc(N)c3F)c(F)c2)n(C)n1. The highest BCUT2D eigenvalue weighted by Gasteiger charge is 2.17. The summed E-state index contributed by atoms with van der Waals surface area (Å²) in [5, 5.41) is 7.20. The second-order valence-electron chi connectivity index (χ2n) is 6.47. The number of hydrogen-bond donors (Lipinski definition) is 2. The minimum atomic E-state index is -0.790. The fourth-order valence-electron chi connectivity index (χ4n) is 2.97. The Morgan fingerprint density at radius 1 is 1.03 bits per heavy atom. The Hall–Kier alpha value is -4.15. The first kappa shape index (κ1) is 20.1. The fourth-order valence-corrected chi connectivity index (χ4v) is 2.97. The van der Waals surface area contributed by atoms with E-state index in [-0.39, 0.29) is 34.5 Å². The maximum Gasteiger partial charge on any atom is 0.225 e. The molecule has 4 aromatic rings. The number of nitrogens with two attached hydrogens (primary N) is 1. The molecule has 11 heteroatoms. The van der Waals surface area contributed by atoms with Gasteiger partial charge in [0.25, 0.3) is 0 Å². The summed E-state index contributed by atoms with van der Waals surface area (Å²) in [6.07, 6.45) is 2.57. The lowest BCUT2D eigenvalue weighted by atomic mass is 10.1. The third-order valence-corrected chi connectivity index (χ3v) is 4.49. The Kier molecular flexibility index (Phi) is 5.15. The summed E-state index contributed by atoms with van der Waals surface area (Å²) in [6.45, 7) is 0. The molecule has 0 bridgehead atoms. The maximum absolute atomic E-state index is 14.7. The van der Waals surface area contributed by atoms with E-state index in [1.807, 2.05) is 0 Å². The van der Waals surface area contributed by atoms with Gasteiger partial charge >= 0.3 is 0 Å². The molecule has 8 nitrogen and oxygen atoms in total. The van der Waals surface area contributed by atoms with Crippen LogP contribution >= 0.6 is 0 Å². The van der Waals surface area contributed by atoms with Crippen molar-refractivity contribution in [2.75, 3.05) is 18.2 Å². The van der Waals surface area contributed by atoms with E-state index < -0.39 is 17.6 Å². The number of aryl methyl sites for hydroxylation is 1. The molecule has 4 rings (SSSR count). The number of methoxy groups -OCH3 is 1. The Balaban J connectivity index is 1.64. The smallest absolute Gasteiger partial charge is 0.225 e. The molecule has 0 saturated carbocycles. The van der Waals surface area contributed by atoms with Gasteiger partial charge in [-0.05, 0) is 24.3 Å². The molecular weight excluding hydrogens is 411 g/mol. The van der Waals surface area contributed by atoms with E-state index in [0.717, 1.165) is 6.07 Å². The Bertz CT molecular complexity index is 1280. The second-order valence-corrected chi connectivity index (χ2v) is 6.47. The molecule has 0 aliphatic heterocycles. The summed E-state index contributed by atoms with van der Waals surface area (Å²) in [7, 11) is 3.02. The van der Waals surface area contributed by atoms with Gasteiger partial charge in [0.05, 0.1) is 12.7 Å². The van der Waals surface area contributed by atoms with E-state index in [0.29, 0.717) is 11.3 Å². The van der Waals surface area contributed by atoms with Crippen LogP contribution in [0, 0.1) is 17.6 Å². The van der Waals surface area contributed by atoms with Crippen molar-refractivity contribution in [2.24, 2.45) is 7.05 Å². The first-order valence-corrected chi connectivity index (χ1v) is 8.95. The van der Waals surface area contributed by atoms with Crippen LogP contribution in [0.1, 0.15) is 0 Å². The summed E-state index contributed by atoms with van der Waals surface area (Å²) in [6, 6.07) is 6.64. The van der Waals surface area contributed by atoms with Gasteiger partial charge < -0.3 is 15.8 Å². The van der Waals surface area contributed by atoms with E-state index in [1.165, 1.54) is 42.4 Å². The lowest BCUT2D eigenvalue weighted by Gasteiger charge is -2.09. The number of ether oxygens (including phenoxy) is 1. The number of nitrogen functional groups attached to an aromatic ring is 1. The van der Waals surface area contributed by atoms with E-state index in [1.54, 1.807) is 13.1 Å². The average molecular weight is 427 g/mol. The van der Waals surface area contributed by atoms with E-state index in [2.05, 4.69) is 25.4 Å². The first-order chi connectivity index (χ1) is 14.9. The van der Waals surface area contributed by atoms with Gasteiger partial charge in [0.15, 0.2) is 17.5 Å². The van der Waals surface area contributed by atoms with Gasteiger partial charge in [0.2, 0.25) is 11.9 Å². The van der Waals surface area contributed by atoms with Gasteiger partial charge in [-0.15, -0.1) is 5.10 Å². The average Bonchev–Trinajstić information content (AvgIpc) is 3.10. The van der Waals surface area contributed by atoms with Crippen molar-refractivity contribution in [2.45, 2.75) is 0 Å². The zero-order valence-electron chi connectivity index (χ0n) is 16.4. The van der Waals surface area contributed by atoms with Crippen LogP contribution in [0.4, 0.5) is 30.6 Å². The van der Waals surface area contributed by atoms with Crippen molar-refractivity contribution in [3.63, 3.8) is 0 Å². The number of pyridine rings is 2. The quantitative estimate of drug-likeness (QED) is 0.468. The van der Waals surface area contributed by atoms with Crippen LogP contribution in [-0.4, -0.2) is 31.8 Å². The number of rotatable bonds is 5. The van der Waals surface area contributed by atoms with Gasteiger partial charge in [-0.2, -0.15) is 9.37 Å². The molecule has 0 fully saturated rings. The standard InChI is InChI=1S/C20H16F3N7O/c1-30-20(28-19(29-30)13-9-26-16(22)8-15(13)31-2)27-10-3-4-11(14(21)7-10)12-5-6-25-18(24)17(12)23/h3-9H,1-2H3,(H2,24,25)(H,27,28,29). The molecule has 0 amide bonds. The normalized spacial score (nSPS) is 10.9. The molecule has 3 aromatic heterocycles. The zero-order valence-corrected chi connectivity index (χ0v) is 16.4. The second kappa shape index (κ2) is 7.94. The number of halogens is 3. The van der Waals surface area contributed by atoms with Gasteiger partial charge in [-0.3, -0.25) is 0 Å². The minimum absolute atomic E-state index is 0.00778. The van der Waals surface area contributed by atoms with Crippen molar-refractivity contribution in [3.05, 3.63) is 60.3 Å². The predicted octanol–water partition coefficient (Wildman–Crippen LogP) is 3.69. The van der Waals surface area contributed by atoms with Crippen molar-refractivity contribution in [3.8, 4) is 28.3 Å². The molecule has 0 atom stereocenters. The number of hydrogen-bond acceptors (Lipinski definition) is 7. The van der Waals surface area contributed by atoms with E-state index >= 15 is 0 Å². The van der Waals surface area contributed by atoms with Crippen molar-refractivity contribution >= 4 is 17.5 Å². The van der Waals surface area contributed by atoms with Crippen LogP contribution in [0.15, 0.2) is 42.7 Å². The Morgan fingerprint density at radius 3 is 2.58 bits per heavy atom. The molecular formula is C20H16F3N7O. The van der Waals surface area contributed by atoms with Crippen molar-refractivity contribution in [1.29, 1.82) is 0 Å². The van der Waals surface area contributed by atoms with Crippen LogP contribution in [0.25, 0.3) is 22.5 Å². The lowest BCUT2D eigenvalue weighted by molar-refractivity contribution is 0.410. The molecule has 0 radical (unpaired) electrons. The van der Waals surface area contributed by atoms with Gasteiger partial charge in [-0.1, -0.05) is 0 Å². The summed E-state index contributed by atoms with van der Waals surface area (Å²) in [4.78, 5) is 11.6. The number of nitrogens with zero attached hydrogens (tertiary/aromatic N) is 5. The molecule has 0 unspecified atom stereocenters. The summed E-state index contributed by atoms with van der Waals surface area (Å²) in [5.74, 6) is -1.72. The van der Waals surface area contributed by atoms with Crippen molar-refractivity contribution in [1.82, 2.24) is 24.7 Å². The summed E-state index contributed by atoms with van der Waals surface area (Å²) < 4.78 is 48.8. The molecule has 3 N–H and O–H groups in total. The lowest BCUT2D eigenvalue weighted by Crippen LogP contribution is -2.01. The fraction of sp³-hybridized carbons (Fsp3) is 0.100. The van der Waals surface area contributed by atoms with Gasteiger partial charge in [-0.25, -0.2) is 23.4 Å². The monoisotopic (exact) mass is 427 g/mol. The molecule has 31 heavy (non-hydrogen) atoms. The number of nitrogens with one attached hydrogen (secondary N) is 1. The third kappa shape index (κ3) is 3.84. The summed E-state index contributed by atoms with van der Waals surface area (Å²) in [5.41, 5.74) is 6.26. The van der Waals surface area contributed by atoms with Crippen LogP contribution in [0.2, 0.25) is 0 Å². The van der Waals surface area contributed by atoms with Crippen LogP contribution in [-0.2, 0) is 7.05 Å². The maximum atomic E-state index is 14.7. The minimum Gasteiger partial charge on any atom is -0.496 e. The highest BCUT2D eigenvalue weighted by atomic mass is 19.1. The Morgan fingerprint density at radius 2 is 1.84 bits per heavy atom. The van der Waals surface area contributed by atoms with E-state index in [9.17, 15) is 13.2 Å². The predicted molar refractivity (Wildman–Crippen MR) is 108 cm³/mol. The zero-order chi connectivity index (χ0) is 22.1.